The molecule has 0 saturated carbocycles. The third-order valence-electron chi connectivity index (χ3n) is 4.16. The van der Waals surface area contributed by atoms with E-state index in [9.17, 15) is 28.2 Å². The van der Waals surface area contributed by atoms with Gasteiger partial charge >= 0.3 is 11.9 Å². The summed E-state index contributed by atoms with van der Waals surface area (Å²) in [6, 6.07) is 12.8. The summed E-state index contributed by atoms with van der Waals surface area (Å²) in [5, 5.41) is 23.6. The molecule has 0 saturated heterocycles. The molecule has 3 rings (SSSR count). The molecule has 0 aliphatic heterocycles. The summed E-state index contributed by atoms with van der Waals surface area (Å²) in [6.07, 6.45) is 1.47. The van der Waals surface area contributed by atoms with Crippen LogP contribution in [0.1, 0.15) is 11.6 Å². The quantitative estimate of drug-likeness (QED) is 0.366. The maximum Gasteiger partial charge on any atom is 0.320 e. The second-order valence-electron chi connectivity index (χ2n) is 6.15. The van der Waals surface area contributed by atoms with Crippen LogP contribution in [0.2, 0.25) is 0 Å². The van der Waals surface area contributed by atoms with Crippen molar-refractivity contribution in [3.8, 4) is 0 Å². The fourth-order valence-corrected chi connectivity index (χ4v) is 4.56. The van der Waals surface area contributed by atoms with Crippen LogP contribution >= 0.6 is 11.3 Å². The summed E-state index contributed by atoms with van der Waals surface area (Å²) < 4.78 is 27.2. The molecule has 3 aromatic rings. The molecular weight excluding hydrogens is 430 g/mol. The zero-order chi connectivity index (χ0) is 21.7. The predicted octanol–water partition coefficient (Wildman–Crippen LogP) is 2.88. The largest absolute Gasteiger partial charge is 0.481 e. The molecule has 30 heavy (non-hydrogen) atoms. The molecule has 2 aromatic carbocycles. The first-order valence-electron chi connectivity index (χ1n) is 8.57. The first kappa shape index (κ1) is 21.3. The summed E-state index contributed by atoms with van der Waals surface area (Å²) in [6.45, 7) is 0. The van der Waals surface area contributed by atoms with Crippen LogP contribution in [-0.2, 0) is 19.6 Å². The van der Waals surface area contributed by atoms with Gasteiger partial charge in [-0.25, -0.2) is 13.4 Å². The van der Waals surface area contributed by atoms with E-state index in [1.54, 1.807) is 35.7 Å². The topological polar surface area (TPSA) is 146 Å². The van der Waals surface area contributed by atoms with Gasteiger partial charge in [-0.1, -0.05) is 30.3 Å². The van der Waals surface area contributed by atoms with Crippen LogP contribution in [0, 0.1) is 5.92 Å². The van der Waals surface area contributed by atoms with Gasteiger partial charge in [0.1, 0.15) is 0 Å². The van der Waals surface area contributed by atoms with Gasteiger partial charge < -0.3 is 15.5 Å². The number of carboxylic acids is 2. The molecule has 156 valence electrons. The lowest BCUT2D eigenvalue weighted by molar-refractivity contribution is -0.155. The van der Waals surface area contributed by atoms with Crippen molar-refractivity contribution < 1.29 is 28.2 Å². The van der Waals surface area contributed by atoms with Gasteiger partial charge in [-0.3, -0.25) is 14.3 Å². The van der Waals surface area contributed by atoms with Crippen molar-refractivity contribution in [2.45, 2.75) is 10.9 Å². The van der Waals surface area contributed by atoms with Crippen molar-refractivity contribution in [1.29, 1.82) is 0 Å². The Bertz CT molecular complexity index is 1100. The van der Waals surface area contributed by atoms with E-state index in [0.717, 1.165) is 11.3 Å². The Morgan fingerprint density at radius 1 is 0.967 bits per heavy atom. The average molecular weight is 447 g/mol. The molecule has 4 N–H and O–H groups in total. The second kappa shape index (κ2) is 8.93. The highest BCUT2D eigenvalue weighted by Crippen LogP contribution is 2.28. The fraction of sp³-hybridized carbons (Fsp3) is 0.105. The lowest BCUT2D eigenvalue weighted by Gasteiger charge is -2.24. The monoisotopic (exact) mass is 447 g/mol. The third-order valence-corrected chi connectivity index (χ3v) is 6.34. The predicted molar refractivity (Wildman–Crippen MR) is 111 cm³/mol. The Labute approximate surface area is 176 Å². The maximum absolute atomic E-state index is 12.4. The molecule has 11 heteroatoms. The van der Waals surface area contributed by atoms with E-state index in [0.29, 0.717) is 11.3 Å². The molecule has 0 fully saturated rings. The first-order valence-corrected chi connectivity index (χ1v) is 10.9. The van der Waals surface area contributed by atoms with Crippen LogP contribution in [0.4, 0.5) is 10.8 Å². The molecule has 0 radical (unpaired) electrons. The number of aliphatic carboxylic acids is 2. The summed E-state index contributed by atoms with van der Waals surface area (Å²) in [5.74, 6) is -4.73. The van der Waals surface area contributed by atoms with Gasteiger partial charge in [0.15, 0.2) is 11.0 Å². The van der Waals surface area contributed by atoms with Gasteiger partial charge in [0.25, 0.3) is 10.0 Å². The van der Waals surface area contributed by atoms with Crippen LogP contribution in [-0.4, -0.2) is 35.6 Å². The van der Waals surface area contributed by atoms with Crippen LogP contribution < -0.4 is 10.0 Å². The van der Waals surface area contributed by atoms with Crippen LogP contribution in [0.15, 0.2) is 71.1 Å². The minimum Gasteiger partial charge on any atom is -0.481 e. The van der Waals surface area contributed by atoms with E-state index in [1.807, 2.05) is 0 Å². The van der Waals surface area contributed by atoms with Gasteiger partial charge in [0, 0.05) is 17.3 Å². The molecule has 1 aromatic heterocycles. The number of nitrogens with zero attached hydrogens (tertiary/aromatic N) is 1. The zero-order valence-electron chi connectivity index (χ0n) is 15.3. The van der Waals surface area contributed by atoms with E-state index >= 15 is 0 Å². The molecule has 0 amide bonds. The van der Waals surface area contributed by atoms with E-state index in [-0.39, 0.29) is 10.0 Å². The number of anilines is 2. The molecule has 0 aliphatic rings. The van der Waals surface area contributed by atoms with Gasteiger partial charge in [0.2, 0.25) is 0 Å². The number of hydrogen-bond donors (Lipinski definition) is 4. The summed E-state index contributed by atoms with van der Waals surface area (Å²) >= 11 is 1.14. The molecule has 1 heterocycles. The maximum atomic E-state index is 12.4. The highest BCUT2D eigenvalue weighted by Gasteiger charge is 2.36. The molecule has 9 nitrogen and oxygen atoms in total. The van der Waals surface area contributed by atoms with Gasteiger partial charge in [-0.15, -0.1) is 11.3 Å². The van der Waals surface area contributed by atoms with Crippen molar-refractivity contribution in [2.24, 2.45) is 5.92 Å². The van der Waals surface area contributed by atoms with Crippen molar-refractivity contribution in [1.82, 2.24) is 4.98 Å². The molecule has 0 spiro atoms. The number of hydrogen-bond acceptors (Lipinski definition) is 7. The summed E-state index contributed by atoms with van der Waals surface area (Å²) in [5.41, 5.74) is 0.832. The third kappa shape index (κ3) is 4.93. The Morgan fingerprint density at radius 2 is 1.60 bits per heavy atom. The van der Waals surface area contributed by atoms with Crippen molar-refractivity contribution in [3.63, 3.8) is 0 Å². The van der Waals surface area contributed by atoms with E-state index < -0.39 is 33.9 Å². The highest BCUT2D eigenvalue weighted by molar-refractivity contribution is 7.93. The molecule has 1 atom stereocenters. The first-order chi connectivity index (χ1) is 14.3. The lowest BCUT2D eigenvalue weighted by atomic mass is 9.92. The Balaban J connectivity index is 1.86. The molecule has 0 bridgehead atoms. The lowest BCUT2D eigenvalue weighted by Crippen LogP contribution is -2.34. The minimum absolute atomic E-state index is 0.0208. The smallest absolute Gasteiger partial charge is 0.320 e. The Morgan fingerprint density at radius 3 is 2.13 bits per heavy atom. The highest BCUT2D eigenvalue weighted by atomic mass is 32.2. The second-order valence-corrected chi connectivity index (χ2v) is 8.73. The Kier molecular flexibility index (Phi) is 6.33. The van der Waals surface area contributed by atoms with Crippen molar-refractivity contribution in [3.05, 3.63) is 71.7 Å². The molecule has 1 unspecified atom stereocenters. The van der Waals surface area contributed by atoms with Gasteiger partial charge in [-0.2, -0.15) is 0 Å². The molecule has 0 aliphatic carbocycles. The number of sulfonamides is 1. The minimum atomic E-state index is -3.84. The van der Waals surface area contributed by atoms with Gasteiger partial charge in [-0.05, 0) is 29.8 Å². The van der Waals surface area contributed by atoms with Crippen LogP contribution in [0.5, 0.6) is 0 Å². The standard InChI is InChI=1S/C19H17N3O6S2/c23-17(24)15(18(25)26)16(12-4-2-1-3-5-12)21-13-6-8-14(9-7-13)30(27,28)22-19-20-10-11-29-19/h1-11,15-16,21H,(H,20,22)(H,23,24)(H,25,26). The number of benzene rings is 2. The van der Waals surface area contributed by atoms with E-state index in [2.05, 4.69) is 15.0 Å². The summed E-state index contributed by atoms with van der Waals surface area (Å²) in [7, 11) is -3.84. The van der Waals surface area contributed by atoms with Crippen molar-refractivity contribution >= 4 is 44.1 Å². The van der Waals surface area contributed by atoms with Crippen molar-refractivity contribution in [2.75, 3.05) is 10.0 Å². The number of carbonyl (C=O) groups is 2. The van der Waals surface area contributed by atoms with E-state index in [4.69, 9.17) is 0 Å². The van der Waals surface area contributed by atoms with E-state index in [1.165, 1.54) is 30.5 Å². The van der Waals surface area contributed by atoms with Crippen LogP contribution in [0.25, 0.3) is 0 Å². The average Bonchev–Trinajstić information content (AvgIpc) is 3.20. The Hall–Kier alpha value is -3.44. The zero-order valence-corrected chi connectivity index (χ0v) is 16.9. The number of nitrogens with one attached hydrogen (secondary N) is 2. The molecular formula is C19H17N3O6S2. The summed E-state index contributed by atoms with van der Waals surface area (Å²) in [4.78, 5) is 27.0. The van der Waals surface area contributed by atoms with Crippen LogP contribution in [0.3, 0.4) is 0 Å². The number of rotatable bonds is 9. The normalized spacial score (nSPS) is 12.3. The number of carboxylic acid groups (broad SMARTS) is 2. The SMILES string of the molecule is O=C(O)C(C(=O)O)C(Nc1ccc(S(=O)(=O)Nc2nccs2)cc1)c1ccccc1. The fourth-order valence-electron chi connectivity index (χ4n) is 2.77. The van der Waals surface area contributed by atoms with Gasteiger partial charge in [0.05, 0.1) is 10.9 Å². The number of thiazole rings is 1. The number of aromatic nitrogens is 1.